The summed E-state index contributed by atoms with van der Waals surface area (Å²) in [4.78, 5) is 25.0. The largest absolute Gasteiger partial charge is 0.481 e. The van der Waals surface area contributed by atoms with E-state index in [2.05, 4.69) is 12.0 Å². The minimum absolute atomic E-state index is 0.103. The van der Waals surface area contributed by atoms with Gasteiger partial charge in [0.1, 0.15) is 0 Å². The van der Waals surface area contributed by atoms with E-state index in [1.165, 1.54) is 0 Å². The number of carboxylic acid groups (broad SMARTS) is 1. The molecule has 6 nitrogen and oxygen atoms in total. The van der Waals surface area contributed by atoms with Crippen molar-refractivity contribution in [3.05, 3.63) is 17.5 Å². The van der Waals surface area contributed by atoms with Crippen LogP contribution in [0.5, 0.6) is 0 Å². The highest BCUT2D eigenvalue weighted by Gasteiger charge is 2.32. The number of carboxylic acids is 1. The fraction of sp³-hybridized carbons (Fsp3) is 0.643. The van der Waals surface area contributed by atoms with Gasteiger partial charge in [-0.2, -0.15) is 5.10 Å². The number of nitrogens with zero attached hydrogens (tertiary/aromatic N) is 3. The van der Waals surface area contributed by atoms with Gasteiger partial charge in [-0.1, -0.05) is 13.3 Å². The normalized spacial score (nSPS) is 18.5. The molecular weight excluding hydrogens is 258 g/mol. The van der Waals surface area contributed by atoms with Crippen LogP contribution in [0.3, 0.4) is 0 Å². The van der Waals surface area contributed by atoms with Gasteiger partial charge in [-0.05, 0) is 19.8 Å². The number of amides is 1. The number of hydrogen-bond acceptors (Lipinski definition) is 3. The Morgan fingerprint density at radius 2 is 2.25 bits per heavy atom. The first-order chi connectivity index (χ1) is 9.54. The van der Waals surface area contributed by atoms with Crippen molar-refractivity contribution in [2.75, 3.05) is 13.1 Å². The fourth-order valence-electron chi connectivity index (χ4n) is 2.51. The summed E-state index contributed by atoms with van der Waals surface area (Å²) >= 11 is 0. The number of carbonyl (C=O) groups is 2. The van der Waals surface area contributed by atoms with Crippen molar-refractivity contribution in [2.24, 2.45) is 5.92 Å². The molecule has 0 aromatic carbocycles. The van der Waals surface area contributed by atoms with Gasteiger partial charge in [0.2, 0.25) is 0 Å². The van der Waals surface area contributed by atoms with Gasteiger partial charge in [0.05, 0.1) is 17.7 Å². The van der Waals surface area contributed by atoms with Gasteiger partial charge >= 0.3 is 5.97 Å². The summed E-state index contributed by atoms with van der Waals surface area (Å²) in [6.45, 7) is 5.62. The van der Waals surface area contributed by atoms with Crippen LogP contribution in [0, 0.1) is 12.8 Å². The molecule has 0 aliphatic carbocycles. The van der Waals surface area contributed by atoms with E-state index in [9.17, 15) is 9.59 Å². The van der Waals surface area contributed by atoms with Crippen molar-refractivity contribution < 1.29 is 14.7 Å². The van der Waals surface area contributed by atoms with Crippen molar-refractivity contribution >= 4 is 11.9 Å². The van der Waals surface area contributed by atoms with Crippen molar-refractivity contribution in [2.45, 2.75) is 39.7 Å². The van der Waals surface area contributed by atoms with E-state index in [1.807, 2.05) is 11.6 Å². The van der Waals surface area contributed by atoms with E-state index in [1.54, 1.807) is 11.1 Å². The molecule has 0 saturated carbocycles. The van der Waals surface area contributed by atoms with Gasteiger partial charge in [-0.3, -0.25) is 14.3 Å². The standard InChI is InChI=1S/C14H21N3O3/c1-3-4-6-17-10(2)12(8-15-17)13(18)16-7-5-11(9-16)14(19)20/h8,11H,3-7,9H2,1-2H3,(H,19,20). The average molecular weight is 279 g/mol. The smallest absolute Gasteiger partial charge is 0.308 e. The second-order valence-electron chi connectivity index (χ2n) is 5.30. The number of aliphatic carboxylic acids is 1. The summed E-state index contributed by atoms with van der Waals surface area (Å²) < 4.78 is 1.85. The van der Waals surface area contributed by atoms with Gasteiger partial charge in [0.15, 0.2) is 0 Å². The summed E-state index contributed by atoms with van der Waals surface area (Å²) in [6, 6.07) is 0. The Hall–Kier alpha value is -1.85. The highest BCUT2D eigenvalue weighted by Crippen LogP contribution is 2.20. The molecule has 1 fully saturated rings. The van der Waals surface area contributed by atoms with Crippen LogP contribution in [0.15, 0.2) is 6.20 Å². The third-order valence-corrected chi connectivity index (χ3v) is 3.88. The number of unbranched alkanes of at least 4 members (excludes halogenated alkanes) is 1. The first-order valence-electron chi connectivity index (χ1n) is 7.09. The van der Waals surface area contributed by atoms with E-state index in [4.69, 9.17) is 5.11 Å². The number of aryl methyl sites for hydroxylation is 1. The molecule has 0 radical (unpaired) electrons. The van der Waals surface area contributed by atoms with Crippen LogP contribution in [-0.2, 0) is 11.3 Å². The summed E-state index contributed by atoms with van der Waals surface area (Å²) in [5, 5.41) is 13.2. The summed E-state index contributed by atoms with van der Waals surface area (Å²) in [6.07, 6.45) is 4.24. The summed E-state index contributed by atoms with van der Waals surface area (Å²) in [5.41, 5.74) is 1.45. The Bertz CT molecular complexity index is 510. The molecule has 1 aromatic rings. The predicted molar refractivity (Wildman–Crippen MR) is 73.5 cm³/mol. The maximum absolute atomic E-state index is 12.4. The van der Waals surface area contributed by atoms with Gasteiger partial charge < -0.3 is 10.0 Å². The first kappa shape index (κ1) is 14.6. The molecule has 1 unspecified atom stereocenters. The zero-order valence-corrected chi connectivity index (χ0v) is 12.0. The lowest BCUT2D eigenvalue weighted by molar-refractivity contribution is -0.141. The lowest BCUT2D eigenvalue weighted by atomic mass is 10.1. The number of rotatable bonds is 5. The molecule has 1 aliphatic rings. The number of aromatic nitrogens is 2. The van der Waals surface area contributed by atoms with E-state index in [-0.39, 0.29) is 5.91 Å². The summed E-state index contributed by atoms with van der Waals surface area (Å²) in [7, 11) is 0. The Morgan fingerprint density at radius 1 is 1.50 bits per heavy atom. The quantitative estimate of drug-likeness (QED) is 0.887. The minimum Gasteiger partial charge on any atom is -0.481 e. The Morgan fingerprint density at radius 3 is 2.85 bits per heavy atom. The lowest BCUT2D eigenvalue weighted by Crippen LogP contribution is -2.30. The van der Waals surface area contributed by atoms with Crippen molar-refractivity contribution in [3.8, 4) is 0 Å². The zero-order valence-electron chi connectivity index (χ0n) is 12.0. The average Bonchev–Trinajstić information content (AvgIpc) is 3.03. The number of hydrogen-bond donors (Lipinski definition) is 1. The fourth-order valence-corrected chi connectivity index (χ4v) is 2.51. The second-order valence-corrected chi connectivity index (χ2v) is 5.30. The molecule has 1 saturated heterocycles. The lowest BCUT2D eigenvalue weighted by Gasteiger charge is -2.15. The SMILES string of the molecule is CCCCn1ncc(C(=O)N2CCC(C(=O)O)C2)c1C. The van der Waals surface area contributed by atoms with Crippen LogP contribution >= 0.6 is 0 Å². The van der Waals surface area contributed by atoms with E-state index >= 15 is 0 Å². The molecule has 0 spiro atoms. The van der Waals surface area contributed by atoms with Gasteiger partial charge in [-0.25, -0.2) is 0 Å². The van der Waals surface area contributed by atoms with Crippen LogP contribution in [0.1, 0.15) is 42.2 Å². The highest BCUT2D eigenvalue weighted by atomic mass is 16.4. The molecule has 6 heteroatoms. The van der Waals surface area contributed by atoms with Crippen LogP contribution < -0.4 is 0 Å². The molecule has 2 heterocycles. The van der Waals surface area contributed by atoms with Crippen molar-refractivity contribution in [3.63, 3.8) is 0 Å². The minimum atomic E-state index is -0.823. The molecule has 1 N–H and O–H groups in total. The second kappa shape index (κ2) is 6.07. The van der Waals surface area contributed by atoms with Gasteiger partial charge in [0.25, 0.3) is 5.91 Å². The van der Waals surface area contributed by atoms with E-state index in [0.717, 1.165) is 25.1 Å². The maximum Gasteiger partial charge on any atom is 0.308 e. The molecule has 2 rings (SSSR count). The van der Waals surface area contributed by atoms with Crippen molar-refractivity contribution in [1.29, 1.82) is 0 Å². The molecule has 1 aromatic heterocycles. The third kappa shape index (κ3) is 2.84. The van der Waals surface area contributed by atoms with Crippen LogP contribution in [-0.4, -0.2) is 44.8 Å². The Labute approximate surface area is 118 Å². The van der Waals surface area contributed by atoms with Gasteiger partial charge in [0, 0.05) is 25.3 Å². The van der Waals surface area contributed by atoms with Crippen molar-refractivity contribution in [1.82, 2.24) is 14.7 Å². The molecule has 0 bridgehead atoms. The van der Waals surface area contributed by atoms with Crippen LogP contribution in [0.25, 0.3) is 0 Å². The molecule has 1 atom stereocenters. The Kier molecular flexibility index (Phi) is 4.42. The molecule has 20 heavy (non-hydrogen) atoms. The highest BCUT2D eigenvalue weighted by molar-refractivity contribution is 5.95. The number of likely N-dealkylation sites (tertiary alicyclic amines) is 1. The molecule has 1 amide bonds. The Balaban J connectivity index is 2.06. The topological polar surface area (TPSA) is 75.4 Å². The number of carbonyl (C=O) groups excluding carboxylic acids is 1. The van der Waals surface area contributed by atoms with E-state index in [0.29, 0.717) is 25.1 Å². The third-order valence-electron chi connectivity index (χ3n) is 3.88. The predicted octanol–water partition coefficient (Wildman–Crippen LogP) is 1.54. The van der Waals surface area contributed by atoms with Crippen LogP contribution in [0.4, 0.5) is 0 Å². The molecule has 110 valence electrons. The van der Waals surface area contributed by atoms with Crippen LogP contribution in [0.2, 0.25) is 0 Å². The zero-order chi connectivity index (χ0) is 14.7. The first-order valence-corrected chi connectivity index (χ1v) is 7.09. The van der Waals surface area contributed by atoms with Gasteiger partial charge in [-0.15, -0.1) is 0 Å². The monoisotopic (exact) mass is 279 g/mol. The molecular formula is C14H21N3O3. The summed E-state index contributed by atoms with van der Waals surface area (Å²) in [5.74, 6) is -1.36. The molecule has 1 aliphatic heterocycles. The maximum atomic E-state index is 12.4. The van der Waals surface area contributed by atoms with E-state index < -0.39 is 11.9 Å².